The molecular formula is C25H26Cl2N4O2. The molecule has 2 aromatic heterocycles. The maximum atomic E-state index is 12.8. The van der Waals surface area contributed by atoms with Gasteiger partial charge in [0.2, 0.25) is 0 Å². The van der Waals surface area contributed by atoms with Gasteiger partial charge in [-0.3, -0.25) is 4.79 Å². The molecule has 33 heavy (non-hydrogen) atoms. The molecule has 1 amide bonds. The molecule has 0 radical (unpaired) electrons. The van der Waals surface area contributed by atoms with Crippen LogP contribution in [0.4, 0.5) is 0 Å². The lowest BCUT2D eigenvalue weighted by molar-refractivity contribution is 0.0785. The normalized spacial score (nSPS) is 18.8. The van der Waals surface area contributed by atoms with Crippen molar-refractivity contribution in [3.8, 4) is 0 Å². The van der Waals surface area contributed by atoms with E-state index >= 15 is 0 Å². The number of hydrogen-bond donors (Lipinski definition) is 2. The summed E-state index contributed by atoms with van der Waals surface area (Å²) >= 11 is 11.7. The SMILES string of the molecule is CN(Cc1ccc(Cl)nc1)C(=O)c1ccc(C[C@@H]2CC[C@H]([C@H](O)c3ccc(Cl)nc3)N2)cc1. The number of rotatable bonds is 7. The Balaban J connectivity index is 1.30. The molecule has 2 N–H and O–H groups in total. The average molecular weight is 485 g/mol. The molecule has 0 aliphatic carbocycles. The van der Waals surface area contributed by atoms with Gasteiger partial charge in [-0.05, 0) is 54.7 Å². The fourth-order valence-corrected chi connectivity index (χ4v) is 4.41. The highest BCUT2D eigenvalue weighted by Gasteiger charge is 2.30. The molecule has 1 fully saturated rings. The van der Waals surface area contributed by atoms with E-state index < -0.39 is 6.10 Å². The van der Waals surface area contributed by atoms with E-state index in [9.17, 15) is 9.90 Å². The van der Waals surface area contributed by atoms with Gasteiger partial charge in [-0.1, -0.05) is 47.5 Å². The van der Waals surface area contributed by atoms with Crippen molar-refractivity contribution in [2.75, 3.05) is 7.05 Å². The van der Waals surface area contributed by atoms with Gasteiger partial charge in [-0.15, -0.1) is 0 Å². The van der Waals surface area contributed by atoms with Crippen molar-refractivity contribution in [2.24, 2.45) is 0 Å². The van der Waals surface area contributed by atoms with Crippen molar-refractivity contribution in [1.82, 2.24) is 20.2 Å². The summed E-state index contributed by atoms with van der Waals surface area (Å²) in [6.45, 7) is 0.462. The van der Waals surface area contributed by atoms with Crippen LogP contribution >= 0.6 is 23.2 Å². The van der Waals surface area contributed by atoms with E-state index in [2.05, 4.69) is 15.3 Å². The van der Waals surface area contributed by atoms with Gasteiger partial charge in [0.05, 0.1) is 6.10 Å². The number of amides is 1. The molecule has 8 heteroatoms. The summed E-state index contributed by atoms with van der Waals surface area (Å²) < 4.78 is 0. The zero-order valence-electron chi connectivity index (χ0n) is 18.3. The van der Waals surface area contributed by atoms with Crippen LogP contribution in [0.3, 0.4) is 0 Å². The molecule has 1 aliphatic heterocycles. The molecule has 1 aromatic carbocycles. The summed E-state index contributed by atoms with van der Waals surface area (Å²) in [5.74, 6) is -0.0461. The first-order chi connectivity index (χ1) is 15.9. The molecule has 1 aliphatic rings. The van der Waals surface area contributed by atoms with Gasteiger partial charge in [0.25, 0.3) is 5.91 Å². The van der Waals surface area contributed by atoms with E-state index in [4.69, 9.17) is 23.2 Å². The van der Waals surface area contributed by atoms with Crippen LogP contribution in [-0.2, 0) is 13.0 Å². The van der Waals surface area contributed by atoms with Gasteiger partial charge in [-0.2, -0.15) is 0 Å². The number of aliphatic hydroxyl groups is 1. The summed E-state index contributed by atoms with van der Waals surface area (Å²) in [5.41, 5.74) is 3.48. The standard InChI is InChI=1S/C25H26Cl2N4O2/c1-31(15-17-4-10-22(26)28-13-17)25(33)18-5-2-16(3-6-18)12-20-8-9-21(30-20)24(32)19-7-11-23(27)29-14-19/h2-7,10-11,13-14,20-21,24,30,32H,8-9,12,15H2,1H3/t20-,21+,24+/m0/s1. The molecule has 0 spiro atoms. The van der Waals surface area contributed by atoms with Gasteiger partial charge in [-0.25, -0.2) is 9.97 Å². The lowest BCUT2D eigenvalue weighted by Crippen LogP contribution is -2.35. The summed E-state index contributed by atoms with van der Waals surface area (Å²) in [7, 11) is 1.77. The van der Waals surface area contributed by atoms with Crippen molar-refractivity contribution in [2.45, 2.75) is 44.0 Å². The average Bonchev–Trinajstić information content (AvgIpc) is 3.29. The number of aliphatic hydroxyl groups excluding tert-OH is 1. The van der Waals surface area contributed by atoms with Gasteiger partial charge in [0, 0.05) is 49.2 Å². The highest BCUT2D eigenvalue weighted by Crippen LogP contribution is 2.27. The van der Waals surface area contributed by atoms with E-state index in [1.54, 1.807) is 36.5 Å². The second kappa shape index (κ2) is 10.6. The number of hydrogen-bond acceptors (Lipinski definition) is 5. The van der Waals surface area contributed by atoms with E-state index in [1.807, 2.05) is 36.4 Å². The van der Waals surface area contributed by atoms with Gasteiger partial charge in [0.1, 0.15) is 10.3 Å². The smallest absolute Gasteiger partial charge is 0.253 e. The minimum absolute atomic E-state index is 0.0187. The second-order valence-corrected chi connectivity index (χ2v) is 9.23. The molecule has 0 bridgehead atoms. The Morgan fingerprint density at radius 1 is 1.03 bits per heavy atom. The molecule has 6 nitrogen and oxygen atoms in total. The van der Waals surface area contributed by atoms with Crippen molar-refractivity contribution in [1.29, 1.82) is 0 Å². The predicted molar refractivity (Wildman–Crippen MR) is 129 cm³/mol. The molecule has 3 atom stereocenters. The highest BCUT2D eigenvalue weighted by molar-refractivity contribution is 6.29. The fourth-order valence-electron chi connectivity index (χ4n) is 4.19. The summed E-state index contributed by atoms with van der Waals surface area (Å²) in [4.78, 5) is 22.6. The Morgan fingerprint density at radius 2 is 1.70 bits per heavy atom. The minimum atomic E-state index is -0.619. The van der Waals surface area contributed by atoms with Crippen LogP contribution in [0.15, 0.2) is 60.9 Å². The molecule has 3 heterocycles. The van der Waals surface area contributed by atoms with Crippen LogP contribution in [0, 0.1) is 0 Å². The summed E-state index contributed by atoms with van der Waals surface area (Å²) in [6, 6.07) is 15.1. The largest absolute Gasteiger partial charge is 0.387 e. The third-order valence-corrected chi connectivity index (χ3v) is 6.43. The van der Waals surface area contributed by atoms with Crippen molar-refractivity contribution in [3.05, 3.63) is 93.5 Å². The van der Waals surface area contributed by atoms with Crippen LogP contribution in [-0.4, -0.2) is 45.0 Å². The number of nitrogens with one attached hydrogen (secondary N) is 1. The first kappa shape index (κ1) is 23.6. The van der Waals surface area contributed by atoms with Gasteiger partial charge >= 0.3 is 0 Å². The first-order valence-corrected chi connectivity index (χ1v) is 11.6. The van der Waals surface area contributed by atoms with Crippen LogP contribution in [0.25, 0.3) is 0 Å². The van der Waals surface area contributed by atoms with Crippen LogP contribution in [0.2, 0.25) is 10.3 Å². The maximum absolute atomic E-state index is 12.8. The third-order valence-electron chi connectivity index (χ3n) is 5.99. The number of carbonyl (C=O) groups excluding carboxylic acids is 1. The van der Waals surface area contributed by atoms with Crippen LogP contribution < -0.4 is 5.32 Å². The molecule has 172 valence electrons. The van der Waals surface area contributed by atoms with Crippen LogP contribution in [0.5, 0.6) is 0 Å². The zero-order chi connectivity index (χ0) is 23.4. The topological polar surface area (TPSA) is 78.4 Å². The number of halogens is 2. The number of aromatic nitrogens is 2. The van der Waals surface area contributed by atoms with Gasteiger partial charge in [0.15, 0.2) is 0 Å². The number of carbonyl (C=O) groups is 1. The zero-order valence-corrected chi connectivity index (χ0v) is 19.8. The molecule has 3 aromatic rings. The van der Waals surface area contributed by atoms with Crippen LogP contribution in [0.1, 0.15) is 46.0 Å². The van der Waals surface area contributed by atoms with Crippen molar-refractivity contribution >= 4 is 29.1 Å². The Kier molecular flexibility index (Phi) is 7.60. The molecule has 0 unspecified atom stereocenters. The Hall–Kier alpha value is -2.51. The highest BCUT2D eigenvalue weighted by atomic mass is 35.5. The van der Waals surface area contributed by atoms with Crippen molar-refractivity contribution in [3.63, 3.8) is 0 Å². The predicted octanol–water partition coefficient (Wildman–Crippen LogP) is 4.45. The summed E-state index contributed by atoms with van der Waals surface area (Å²) in [5, 5.41) is 15.1. The number of nitrogens with zero attached hydrogens (tertiary/aromatic N) is 3. The maximum Gasteiger partial charge on any atom is 0.253 e. The molecule has 0 saturated carbocycles. The lowest BCUT2D eigenvalue weighted by atomic mass is 10.0. The molecule has 1 saturated heterocycles. The Morgan fingerprint density at radius 3 is 2.33 bits per heavy atom. The van der Waals surface area contributed by atoms with E-state index in [1.165, 1.54) is 0 Å². The Bertz CT molecular complexity index is 1080. The van der Waals surface area contributed by atoms with Gasteiger partial charge < -0.3 is 15.3 Å². The number of benzene rings is 1. The summed E-state index contributed by atoms with van der Waals surface area (Å²) in [6.07, 6.45) is 5.38. The van der Waals surface area contributed by atoms with E-state index in [0.29, 0.717) is 22.4 Å². The van der Waals surface area contributed by atoms with E-state index in [-0.39, 0.29) is 18.0 Å². The second-order valence-electron chi connectivity index (χ2n) is 8.46. The quantitative estimate of drug-likeness (QED) is 0.484. The monoisotopic (exact) mass is 484 g/mol. The Labute approximate surface area is 203 Å². The lowest BCUT2D eigenvalue weighted by Gasteiger charge is -2.20. The van der Waals surface area contributed by atoms with Crippen molar-refractivity contribution < 1.29 is 9.90 Å². The third kappa shape index (κ3) is 6.09. The molecule has 4 rings (SSSR count). The van der Waals surface area contributed by atoms with E-state index in [0.717, 1.165) is 36.0 Å². The minimum Gasteiger partial charge on any atom is -0.387 e. The number of pyridine rings is 2. The first-order valence-electron chi connectivity index (χ1n) is 10.9. The molecular weight excluding hydrogens is 459 g/mol. The fraction of sp³-hybridized carbons (Fsp3) is 0.320.